The van der Waals surface area contributed by atoms with E-state index >= 15 is 0 Å². The number of anilines is 1. The number of benzene rings is 1. The third kappa shape index (κ3) is 4.54. The number of aryl methyl sites for hydroxylation is 1. The summed E-state index contributed by atoms with van der Waals surface area (Å²) in [5.74, 6) is 0.437. The van der Waals surface area contributed by atoms with E-state index in [1.807, 2.05) is 12.1 Å². The van der Waals surface area contributed by atoms with E-state index in [-0.39, 0.29) is 24.2 Å². The van der Waals surface area contributed by atoms with Crippen LogP contribution in [0.15, 0.2) is 47.0 Å². The number of hydrogen-bond acceptors (Lipinski definition) is 6. The molecule has 2 aromatic heterocycles. The number of carbonyl (C=O) groups excluding carboxylic acids is 1. The highest BCUT2D eigenvalue weighted by atomic mass is 19.1. The van der Waals surface area contributed by atoms with E-state index in [9.17, 15) is 9.18 Å². The zero-order chi connectivity index (χ0) is 21.1. The lowest BCUT2D eigenvalue weighted by atomic mass is 9.95. The summed E-state index contributed by atoms with van der Waals surface area (Å²) in [4.78, 5) is 21.7. The zero-order valence-electron chi connectivity index (χ0n) is 17.1. The number of halogens is 1. The minimum atomic E-state index is -0.372. The van der Waals surface area contributed by atoms with Gasteiger partial charge in [-0.1, -0.05) is 6.07 Å². The van der Waals surface area contributed by atoms with Crippen LogP contribution in [0.25, 0.3) is 11.5 Å². The van der Waals surface area contributed by atoms with Crippen LogP contribution in [-0.4, -0.2) is 46.1 Å². The summed E-state index contributed by atoms with van der Waals surface area (Å²) in [6, 6.07) is 9.80. The smallest absolute Gasteiger partial charge is 0.249 e. The number of nitrogens with zero attached hydrogens (tertiary/aromatic N) is 5. The van der Waals surface area contributed by atoms with Crippen molar-refractivity contribution < 1.29 is 13.6 Å². The molecule has 1 aromatic carbocycles. The normalized spacial score (nSPS) is 15.3. The van der Waals surface area contributed by atoms with E-state index < -0.39 is 0 Å². The molecular formula is C22H24FN5O2. The van der Waals surface area contributed by atoms with Crippen molar-refractivity contribution in [2.24, 2.45) is 5.92 Å². The quantitative estimate of drug-likeness (QED) is 0.643. The van der Waals surface area contributed by atoms with Crippen LogP contribution >= 0.6 is 0 Å². The van der Waals surface area contributed by atoms with Gasteiger partial charge in [0.15, 0.2) is 0 Å². The second-order valence-electron chi connectivity index (χ2n) is 7.65. The molecule has 1 fully saturated rings. The summed E-state index contributed by atoms with van der Waals surface area (Å²) in [5, 5.41) is 7.82. The Balaban J connectivity index is 1.57. The first-order valence-electron chi connectivity index (χ1n) is 10.0. The Morgan fingerprint density at radius 1 is 1.23 bits per heavy atom. The predicted octanol–water partition coefficient (Wildman–Crippen LogP) is 3.45. The van der Waals surface area contributed by atoms with Crippen LogP contribution in [0.4, 0.5) is 10.1 Å². The third-order valence-electron chi connectivity index (χ3n) is 5.37. The number of amides is 1. The summed E-state index contributed by atoms with van der Waals surface area (Å²) < 4.78 is 19.3. The lowest BCUT2D eigenvalue weighted by Crippen LogP contribution is -2.41. The van der Waals surface area contributed by atoms with Gasteiger partial charge in [0.1, 0.15) is 5.82 Å². The molecule has 0 bridgehead atoms. The molecule has 30 heavy (non-hydrogen) atoms. The number of carbonyl (C=O) groups is 1. The number of aromatic nitrogens is 3. The largest absolute Gasteiger partial charge is 0.421 e. The molecule has 4 rings (SSSR count). The topological polar surface area (TPSA) is 75.4 Å². The Hall–Kier alpha value is -3.13. The SMILES string of the molecule is Cc1nnc(-c2ccc(CN(C(=O)C3CCN(C)CC3)c3cccc(F)c3)nc2)o1. The monoisotopic (exact) mass is 409 g/mol. The highest BCUT2D eigenvalue weighted by Crippen LogP contribution is 2.26. The van der Waals surface area contributed by atoms with Gasteiger partial charge < -0.3 is 14.2 Å². The molecule has 1 amide bonds. The van der Waals surface area contributed by atoms with Gasteiger partial charge >= 0.3 is 0 Å². The molecule has 3 heterocycles. The molecule has 0 radical (unpaired) electrons. The first kappa shape index (κ1) is 20.2. The number of likely N-dealkylation sites (tertiary alicyclic amines) is 1. The van der Waals surface area contributed by atoms with Crippen LogP contribution in [0.2, 0.25) is 0 Å². The molecule has 1 aliphatic rings. The van der Waals surface area contributed by atoms with Crippen LogP contribution in [0.5, 0.6) is 0 Å². The van der Waals surface area contributed by atoms with E-state index in [2.05, 4.69) is 27.1 Å². The number of hydrogen-bond donors (Lipinski definition) is 0. The maximum absolute atomic E-state index is 13.9. The van der Waals surface area contributed by atoms with E-state index in [4.69, 9.17) is 4.42 Å². The summed E-state index contributed by atoms with van der Waals surface area (Å²) in [7, 11) is 2.06. The number of piperidine rings is 1. The van der Waals surface area contributed by atoms with Crippen LogP contribution < -0.4 is 4.90 Å². The molecule has 0 unspecified atom stereocenters. The zero-order valence-corrected chi connectivity index (χ0v) is 17.1. The van der Waals surface area contributed by atoms with Gasteiger partial charge in [-0.15, -0.1) is 10.2 Å². The molecule has 156 valence electrons. The fraction of sp³-hybridized carbons (Fsp3) is 0.364. The molecule has 1 saturated heterocycles. The highest BCUT2D eigenvalue weighted by molar-refractivity contribution is 5.95. The van der Waals surface area contributed by atoms with Crippen LogP contribution in [0.3, 0.4) is 0 Å². The maximum Gasteiger partial charge on any atom is 0.249 e. The van der Waals surface area contributed by atoms with E-state index in [1.54, 1.807) is 30.2 Å². The predicted molar refractivity (Wildman–Crippen MR) is 110 cm³/mol. The standard InChI is InChI=1S/C22H24FN5O2/c1-15-25-26-21(30-15)17-6-7-19(24-13-17)14-28(20-5-3-4-18(23)12-20)22(29)16-8-10-27(2)11-9-16/h3-7,12-13,16H,8-11,14H2,1-2H3. The van der Waals surface area contributed by atoms with Crippen molar-refractivity contribution in [3.63, 3.8) is 0 Å². The van der Waals surface area contributed by atoms with Crippen molar-refractivity contribution in [1.82, 2.24) is 20.1 Å². The first-order valence-corrected chi connectivity index (χ1v) is 10.0. The molecule has 0 saturated carbocycles. The average molecular weight is 409 g/mol. The molecule has 0 aliphatic carbocycles. The summed E-state index contributed by atoms with van der Waals surface area (Å²) in [6.07, 6.45) is 3.24. The fourth-order valence-electron chi connectivity index (χ4n) is 3.64. The van der Waals surface area contributed by atoms with E-state index in [0.29, 0.717) is 28.7 Å². The van der Waals surface area contributed by atoms with Crippen LogP contribution in [0.1, 0.15) is 24.4 Å². The van der Waals surface area contributed by atoms with Gasteiger partial charge in [0.2, 0.25) is 17.7 Å². The van der Waals surface area contributed by atoms with Crippen molar-refractivity contribution in [3.05, 3.63) is 60.0 Å². The van der Waals surface area contributed by atoms with Crippen molar-refractivity contribution in [2.75, 3.05) is 25.0 Å². The first-order chi connectivity index (χ1) is 14.5. The minimum Gasteiger partial charge on any atom is -0.421 e. The molecule has 3 aromatic rings. The molecule has 0 N–H and O–H groups in total. The summed E-state index contributed by atoms with van der Waals surface area (Å²) >= 11 is 0. The van der Waals surface area contributed by atoms with Crippen molar-refractivity contribution in [1.29, 1.82) is 0 Å². The minimum absolute atomic E-state index is 0.00658. The Kier molecular flexibility index (Phi) is 5.85. The second-order valence-corrected chi connectivity index (χ2v) is 7.65. The Bertz CT molecular complexity index is 1010. The van der Waals surface area contributed by atoms with E-state index in [1.165, 1.54) is 12.1 Å². The van der Waals surface area contributed by atoms with Crippen LogP contribution in [0, 0.1) is 18.7 Å². The Morgan fingerprint density at radius 2 is 2.03 bits per heavy atom. The van der Waals surface area contributed by atoms with Crippen molar-refractivity contribution in [3.8, 4) is 11.5 Å². The van der Waals surface area contributed by atoms with Gasteiger partial charge in [0.05, 0.1) is 17.8 Å². The van der Waals surface area contributed by atoms with E-state index in [0.717, 1.165) is 25.9 Å². The molecule has 1 aliphatic heterocycles. The Labute approximate surface area is 174 Å². The molecule has 8 heteroatoms. The molecule has 0 spiro atoms. The van der Waals surface area contributed by atoms with Crippen molar-refractivity contribution in [2.45, 2.75) is 26.3 Å². The second kappa shape index (κ2) is 8.71. The van der Waals surface area contributed by atoms with Crippen LogP contribution in [-0.2, 0) is 11.3 Å². The third-order valence-corrected chi connectivity index (χ3v) is 5.37. The van der Waals surface area contributed by atoms with Gasteiger partial charge in [-0.25, -0.2) is 4.39 Å². The highest BCUT2D eigenvalue weighted by Gasteiger charge is 2.29. The van der Waals surface area contributed by atoms with Gasteiger partial charge in [-0.3, -0.25) is 9.78 Å². The van der Waals surface area contributed by atoms with Gasteiger partial charge in [-0.05, 0) is 63.3 Å². The fourth-order valence-corrected chi connectivity index (χ4v) is 3.64. The molecule has 7 nitrogen and oxygen atoms in total. The number of pyridine rings is 1. The van der Waals surface area contributed by atoms with Gasteiger partial charge in [0.25, 0.3) is 0 Å². The van der Waals surface area contributed by atoms with Crippen molar-refractivity contribution >= 4 is 11.6 Å². The molecule has 0 atom stereocenters. The van der Waals surface area contributed by atoms with Gasteiger partial charge in [-0.2, -0.15) is 0 Å². The average Bonchev–Trinajstić information content (AvgIpc) is 3.19. The number of rotatable bonds is 5. The summed E-state index contributed by atoms with van der Waals surface area (Å²) in [6.45, 7) is 3.75. The lowest BCUT2D eigenvalue weighted by molar-refractivity contribution is -0.123. The maximum atomic E-state index is 13.9. The Morgan fingerprint density at radius 3 is 2.67 bits per heavy atom. The molecular weight excluding hydrogens is 385 g/mol. The van der Waals surface area contributed by atoms with Gasteiger partial charge in [0, 0.05) is 24.7 Å². The lowest BCUT2D eigenvalue weighted by Gasteiger charge is -2.32. The summed E-state index contributed by atoms with van der Waals surface area (Å²) in [5.41, 5.74) is 1.94.